The lowest BCUT2D eigenvalue weighted by Gasteiger charge is -2.23. The summed E-state index contributed by atoms with van der Waals surface area (Å²) in [5.74, 6) is 0. The number of hydrogen-bond donors (Lipinski definition) is 2. The van der Waals surface area contributed by atoms with Crippen molar-refractivity contribution in [2.45, 2.75) is 18.7 Å². The van der Waals surface area contributed by atoms with Crippen LogP contribution in [-0.4, -0.2) is 20.0 Å². The van der Waals surface area contributed by atoms with Gasteiger partial charge in [-0.3, -0.25) is 0 Å². The molecule has 0 radical (unpaired) electrons. The predicted molar refractivity (Wildman–Crippen MR) is 82.2 cm³/mol. The molecule has 0 aliphatic heterocycles. The molecule has 19 heavy (non-hydrogen) atoms. The Morgan fingerprint density at radius 1 is 1.42 bits per heavy atom. The molecule has 0 saturated carbocycles. The van der Waals surface area contributed by atoms with Crippen LogP contribution in [0.15, 0.2) is 23.1 Å². The Balaban J connectivity index is 3.00. The van der Waals surface area contributed by atoms with Crippen LogP contribution in [0.3, 0.4) is 0 Å². The van der Waals surface area contributed by atoms with Gasteiger partial charge in [-0.05, 0) is 18.2 Å². The average Bonchev–Trinajstić information content (AvgIpc) is 2.30. The third-order valence-corrected chi connectivity index (χ3v) is 5.22. The van der Waals surface area contributed by atoms with Crippen molar-refractivity contribution in [3.8, 4) is 0 Å². The second-order valence-corrected chi connectivity index (χ2v) is 7.67. The summed E-state index contributed by atoms with van der Waals surface area (Å²) in [5, 5.41) is 0.392. The largest absolute Gasteiger partial charge is 0.393 e. The average molecular weight is 341 g/mol. The number of sulfonamides is 1. The van der Waals surface area contributed by atoms with Gasteiger partial charge in [0.2, 0.25) is 10.0 Å². The van der Waals surface area contributed by atoms with Gasteiger partial charge >= 0.3 is 0 Å². The zero-order valence-electron chi connectivity index (χ0n) is 10.4. The molecule has 0 spiro atoms. The minimum Gasteiger partial charge on any atom is -0.393 e. The predicted octanol–water partition coefficient (Wildman–Crippen LogP) is 2.58. The Hall–Kier alpha value is -0.400. The normalized spacial score (nSPS) is 12.4. The van der Waals surface area contributed by atoms with E-state index in [0.29, 0.717) is 5.02 Å². The fourth-order valence-electron chi connectivity index (χ4n) is 1.12. The number of halogens is 2. The highest BCUT2D eigenvalue weighted by Crippen LogP contribution is 2.25. The van der Waals surface area contributed by atoms with Crippen LogP contribution in [-0.2, 0) is 10.0 Å². The smallest absolute Gasteiger partial charge is 0.242 e. The molecule has 3 N–H and O–H groups in total. The Morgan fingerprint density at radius 2 is 2.00 bits per heavy atom. The van der Waals surface area contributed by atoms with Crippen LogP contribution >= 0.6 is 35.4 Å². The van der Waals surface area contributed by atoms with Gasteiger partial charge in [0, 0.05) is 17.0 Å². The molecule has 8 heteroatoms. The molecular weight excluding hydrogens is 327 g/mol. The SMILES string of the molecule is CC(C)(CNS(=O)(=O)c1cc(Cl)ccc1Cl)C(N)=S. The minimum absolute atomic E-state index is 0.0691. The van der Waals surface area contributed by atoms with E-state index in [0.717, 1.165) is 0 Å². The van der Waals surface area contributed by atoms with Crippen molar-refractivity contribution in [1.82, 2.24) is 4.72 Å². The molecule has 4 nitrogen and oxygen atoms in total. The molecule has 0 atom stereocenters. The molecule has 0 heterocycles. The van der Waals surface area contributed by atoms with Crippen molar-refractivity contribution < 1.29 is 8.42 Å². The van der Waals surface area contributed by atoms with Crippen molar-refractivity contribution in [3.63, 3.8) is 0 Å². The molecule has 0 saturated heterocycles. The van der Waals surface area contributed by atoms with E-state index in [2.05, 4.69) is 4.72 Å². The van der Waals surface area contributed by atoms with E-state index in [1.165, 1.54) is 18.2 Å². The lowest BCUT2D eigenvalue weighted by molar-refractivity contribution is 0.501. The topological polar surface area (TPSA) is 72.2 Å². The Morgan fingerprint density at radius 3 is 2.53 bits per heavy atom. The maximum Gasteiger partial charge on any atom is 0.242 e. The summed E-state index contributed by atoms with van der Waals surface area (Å²) < 4.78 is 26.7. The van der Waals surface area contributed by atoms with Gasteiger partial charge in [0.25, 0.3) is 0 Å². The van der Waals surface area contributed by atoms with Gasteiger partial charge in [-0.2, -0.15) is 0 Å². The van der Waals surface area contributed by atoms with Crippen molar-refractivity contribution in [2.24, 2.45) is 11.1 Å². The highest BCUT2D eigenvalue weighted by molar-refractivity contribution is 7.89. The molecule has 0 aliphatic rings. The molecule has 0 unspecified atom stereocenters. The molecule has 0 aliphatic carbocycles. The molecular formula is C11H14Cl2N2O2S2. The van der Waals surface area contributed by atoms with Crippen LogP contribution in [0.5, 0.6) is 0 Å². The summed E-state index contributed by atoms with van der Waals surface area (Å²) in [6, 6.07) is 4.24. The van der Waals surface area contributed by atoms with E-state index in [1.807, 2.05) is 0 Å². The number of rotatable bonds is 5. The van der Waals surface area contributed by atoms with Crippen LogP contribution in [0.25, 0.3) is 0 Å². The van der Waals surface area contributed by atoms with Crippen LogP contribution in [0.4, 0.5) is 0 Å². The number of hydrogen-bond acceptors (Lipinski definition) is 3. The molecule has 1 rings (SSSR count). The van der Waals surface area contributed by atoms with Crippen molar-refractivity contribution in [3.05, 3.63) is 28.2 Å². The molecule has 0 aromatic heterocycles. The number of benzene rings is 1. The Kier molecular flexibility index (Phi) is 5.20. The minimum atomic E-state index is -3.76. The second kappa shape index (κ2) is 5.93. The Labute approximate surface area is 128 Å². The lowest BCUT2D eigenvalue weighted by Crippen LogP contribution is -2.41. The van der Waals surface area contributed by atoms with Crippen molar-refractivity contribution in [2.75, 3.05) is 6.54 Å². The summed E-state index contributed by atoms with van der Waals surface area (Å²) in [4.78, 5) is 0.160. The zero-order valence-corrected chi connectivity index (χ0v) is 13.6. The summed E-state index contributed by atoms with van der Waals surface area (Å²) >= 11 is 16.5. The fourth-order valence-corrected chi connectivity index (χ4v) is 3.17. The lowest BCUT2D eigenvalue weighted by atomic mass is 9.94. The Bertz CT molecular complexity index is 601. The fraction of sp³-hybridized carbons (Fsp3) is 0.364. The van der Waals surface area contributed by atoms with Gasteiger partial charge in [-0.15, -0.1) is 0 Å². The summed E-state index contributed by atoms with van der Waals surface area (Å²) in [6.45, 7) is 3.57. The van der Waals surface area contributed by atoms with E-state index in [-0.39, 0.29) is 21.5 Å². The standard InChI is InChI=1S/C11H14Cl2N2O2S2/c1-11(2,10(14)18)6-15-19(16,17)9-5-7(12)3-4-8(9)13/h3-5,15H,6H2,1-2H3,(H2,14,18). The van der Waals surface area contributed by atoms with Gasteiger partial charge in [-0.1, -0.05) is 49.3 Å². The summed E-state index contributed by atoms with van der Waals surface area (Å²) in [5.41, 5.74) is 4.91. The van der Waals surface area contributed by atoms with E-state index in [9.17, 15) is 8.42 Å². The molecule has 0 bridgehead atoms. The molecule has 106 valence electrons. The summed E-state index contributed by atoms with van der Waals surface area (Å²) in [7, 11) is -3.76. The zero-order chi connectivity index (χ0) is 14.8. The summed E-state index contributed by atoms with van der Waals surface area (Å²) in [6.07, 6.45) is 0. The number of nitrogens with one attached hydrogen (secondary N) is 1. The maximum absolute atomic E-state index is 12.1. The molecule has 0 fully saturated rings. The number of thiocarbonyl (C=S) groups is 1. The van der Waals surface area contributed by atoms with Gasteiger partial charge < -0.3 is 5.73 Å². The van der Waals surface area contributed by atoms with Crippen LogP contribution in [0.1, 0.15) is 13.8 Å². The highest BCUT2D eigenvalue weighted by atomic mass is 35.5. The quantitative estimate of drug-likeness (QED) is 0.808. The molecule has 1 aromatic carbocycles. The van der Waals surface area contributed by atoms with Crippen molar-refractivity contribution in [1.29, 1.82) is 0 Å². The first-order chi connectivity index (χ1) is 8.56. The van der Waals surface area contributed by atoms with E-state index in [1.54, 1.807) is 13.8 Å². The van der Waals surface area contributed by atoms with Gasteiger partial charge in [0.05, 0.1) is 10.0 Å². The maximum atomic E-state index is 12.1. The second-order valence-electron chi connectivity index (χ2n) is 4.65. The van der Waals surface area contributed by atoms with Crippen LogP contribution in [0.2, 0.25) is 10.0 Å². The van der Waals surface area contributed by atoms with E-state index < -0.39 is 15.4 Å². The first-order valence-corrected chi connectivity index (χ1v) is 7.95. The first kappa shape index (κ1) is 16.7. The van der Waals surface area contributed by atoms with Gasteiger partial charge in [0.1, 0.15) is 4.90 Å². The monoisotopic (exact) mass is 340 g/mol. The molecule has 1 aromatic rings. The van der Waals surface area contributed by atoms with Crippen LogP contribution in [0, 0.1) is 5.41 Å². The third-order valence-electron chi connectivity index (χ3n) is 2.55. The highest BCUT2D eigenvalue weighted by Gasteiger charge is 2.26. The number of nitrogens with two attached hydrogens (primary N) is 1. The molecule has 0 amide bonds. The van der Waals surface area contributed by atoms with E-state index >= 15 is 0 Å². The first-order valence-electron chi connectivity index (χ1n) is 5.31. The third kappa shape index (κ3) is 4.29. The van der Waals surface area contributed by atoms with Gasteiger partial charge in [0.15, 0.2) is 0 Å². The van der Waals surface area contributed by atoms with E-state index in [4.69, 9.17) is 41.2 Å². The van der Waals surface area contributed by atoms with Gasteiger partial charge in [-0.25, -0.2) is 13.1 Å². The van der Waals surface area contributed by atoms with Crippen molar-refractivity contribution >= 4 is 50.4 Å². The van der Waals surface area contributed by atoms with Crippen LogP contribution < -0.4 is 10.5 Å².